The summed E-state index contributed by atoms with van der Waals surface area (Å²) in [6.45, 7) is 0. The summed E-state index contributed by atoms with van der Waals surface area (Å²) in [5.74, 6) is -10.1. The Hall–Kier alpha value is -5.18. The molecule has 0 saturated heterocycles. The predicted octanol–water partition coefficient (Wildman–Crippen LogP) is 7.91. The van der Waals surface area contributed by atoms with Gasteiger partial charge < -0.3 is 27.6 Å². The Labute approximate surface area is 295 Å². The molecule has 0 saturated carbocycles. The molecule has 4 rings (SSSR count). The third-order valence-corrected chi connectivity index (χ3v) is 7.30. The highest BCUT2D eigenvalue weighted by Crippen LogP contribution is 2.36. The first-order chi connectivity index (χ1) is 23.4. The van der Waals surface area contributed by atoms with Crippen LogP contribution in [0.5, 0.6) is 0 Å². The fourth-order valence-electron chi connectivity index (χ4n) is 3.66. The van der Waals surface area contributed by atoms with Crippen LogP contribution in [-0.2, 0) is 12.4 Å². The SMILES string of the molecule is NC(=O)c1cc(N)ccc1F.NC(=O)c1cc(NC(=O)c2c(Br)ccc(C(F)(F)F)c2F)ccc1F.O=C(O)c1c(Br)ccc(C(F)(F)F)c1F. The number of primary amides is 2. The number of halogens is 12. The number of carboxylic acids is 1. The number of aromatic carboxylic acids is 1. The number of hydrogen-bond acceptors (Lipinski definition) is 5. The zero-order valence-corrected chi connectivity index (χ0v) is 27.8. The van der Waals surface area contributed by atoms with Crippen LogP contribution < -0.4 is 22.5 Å². The third-order valence-electron chi connectivity index (χ3n) is 5.98. The Balaban J connectivity index is 0.000000293. The molecule has 3 amide bonds. The van der Waals surface area contributed by atoms with Crippen LogP contribution in [0.1, 0.15) is 52.6 Å². The van der Waals surface area contributed by atoms with E-state index in [0.29, 0.717) is 17.8 Å². The topological polar surface area (TPSA) is 179 Å². The van der Waals surface area contributed by atoms with Gasteiger partial charge in [-0.3, -0.25) is 14.4 Å². The monoisotopic (exact) mass is 862 g/mol. The lowest BCUT2D eigenvalue weighted by atomic mass is 10.1. The van der Waals surface area contributed by atoms with E-state index in [1.54, 1.807) is 0 Å². The molecule has 0 spiro atoms. The maximum absolute atomic E-state index is 14.1. The average Bonchev–Trinajstić information content (AvgIpc) is 2.98. The highest BCUT2D eigenvalue weighted by molar-refractivity contribution is 9.10. The molecule has 0 aliphatic rings. The summed E-state index contributed by atoms with van der Waals surface area (Å²) >= 11 is 5.47. The molecule has 0 atom stereocenters. The summed E-state index contributed by atoms with van der Waals surface area (Å²) in [6, 6.07) is 9.11. The number of carbonyl (C=O) groups is 4. The molecule has 0 radical (unpaired) electrons. The van der Waals surface area contributed by atoms with Crippen molar-refractivity contribution in [1.29, 1.82) is 0 Å². The number of carbonyl (C=O) groups excluding carboxylic acids is 3. The first kappa shape index (κ1) is 42.0. The zero-order chi connectivity index (χ0) is 39.2. The standard InChI is InChI=1S/C15H8BrF5N2O2.C8H3BrF4O2.C7H7FN2O/c16-9-3-2-8(15(19,20)21)12(18)11(9)14(25)23-6-1-4-10(17)7(5-6)13(22)24;9-4-2-1-3(8(11,12)13)6(10)5(4)7(14)15;8-6-2-1-4(9)3-5(6)7(10)11/h1-5H,(H2,22,24)(H,23,25);1-2H,(H,14,15);1-3H,9H2,(H2,10,11). The summed E-state index contributed by atoms with van der Waals surface area (Å²) in [5, 5.41) is 10.6. The number of nitrogens with one attached hydrogen (secondary N) is 1. The lowest BCUT2D eigenvalue weighted by Crippen LogP contribution is -2.19. The number of carboxylic acid groups (broad SMARTS) is 1. The smallest absolute Gasteiger partial charge is 0.419 e. The minimum Gasteiger partial charge on any atom is -0.478 e. The summed E-state index contributed by atoms with van der Waals surface area (Å²) in [5.41, 5.74) is 9.43. The van der Waals surface area contributed by atoms with Crippen LogP contribution in [0.4, 0.5) is 55.3 Å². The van der Waals surface area contributed by atoms with E-state index in [-0.39, 0.29) is 20.2 Å². The normalized spacial score (nSPS) is 11.0. The molecular weight excluding hydrogens is 846 g/mol. The Morgan fingerprint density at radius 3 is 1.45 bits per heavy atom. The largest absolute Gasteiger partial charge is 0.478 e. The number of anilines is 2. The average molecular weight is 864 g/mol. The van der Waals surface area contributed by atoms with Crippen LogP contribution >= 0.6 is 31.9 Å². The van der Waals surface area contributed by atoms with Crippen molar-refractivity contribution in [3.63, 3.8) is 0 Å². The molecule has 4 aromatic carbocycles. The molecule has 0 unspecified atom stereocenters. The second kappa shape index (κ2) is 16.7. The number of rotatable bonds is 5. The van der Waals surface area contributed by atoms with Crippen molar-refractivity contribution in [3.05, 3.63) is 126 Å². The highest BCUT2D eigenvalue weighted by Gasteiger charge is 2.37. The van der Waals surface area contributed by atoms with Gasteiger partial charge in [0.15, 0.2) is 5.82 Å². The zero-order valence-electron chi connectivity index (χ0n) is 24.6. The fraction of sp³-hybridized carbons (Fsp3) is 0.0667. The van der Waals surface area contributed by atoms with Crippen molar-refractivity contribution < 1.29 is 68.2 Å². The van der Waals surface area contributed by atoms with Crippen LogP contribution in [0, 0.1) is 23.3 Å². The summed E-state index contributed by atoms with van der Waals surface area (Å²) in [6.07, 6.45) is -9.90. The molecule has 0 fully saturated rings. The Bertz CT molecular complexity index is 2010. The van der Waals surface area contributed by atoms with Crippen LogP contribution in [0.25, 0.3) is 0 Å². The van der Waals surface area contributed by atoms with Crippen molar-refractivity contribution in [1.82, 2.24) is 0 Å². The van der Waals surface area contributed by atoms with Gasteiger partial charge in [-0.25, -0.2) is 22.4 Å². The van der Waals surface area contributed by atoms with E-state index in [2.05, 4.69) is 37.2 Å². The maximum atomic E-state index is 14.1. The molecule has 21 heteroatoms. The Morgan fingerprint density at radius 2 is 1.04 bits per heavy atom. The molecule has 8 N–H and O–H groups in total. The van der Waals surface area contributed by atoms with Gasteiger partial charge in [0.25, 0.3) is 17.7 Å². The van der Waals surface area contributed by atoms with Gasteiger partial charge in [-0.05, 0) is 92.5 Å². The number of amides is 3. The molecule has 0 aliphatic heterocycles. The lowest BCUT2D eigenvalue weighted by Gasteiger charge is -2.13. The van der Waals surface area contributed by atoms with Gasteiger partial charge in [0, 0.05) is 20.3 Å². The maximum Gasteiger partial charge on any atom is 0.419 e. The second-order valence-corrected chi connectivity index (χ2v) is 11.2. The number of alkyl halides is 6. The molecule has 9 nitrogen and oxygen atoms in total. The van der Waals surface area contributed by atoms with Crippen molar-refractivity contribution >= 4 is 66.9 Å². The van der Waals surface area contributed by atoms with E-state index in [1.165, 1.54) is 12.1 Å². The molecule has 0 bridgehead atoms. The van der Waals surface area contributed by atoms with Crippen LogP contribution in [0.3, 0.4) is 0 Å². The molecule has 4 aromatic rings. The minimum absolute atomic E-state index is 0.149. The number of nitrogens with two attached hydrogens (primary N) is 3. The minimum atomic E-state index is -4.99. The first-order valence-electron chi connectivity index (χ1n) is 13.0. The second-order valence-electron chi connectivity index (χ2n) is 9.49. The number of hydrogen-bond donors (Lipinski definition) is 5. The number of nitrogen functional groups attached to an aromatic ring is 1. The van der Waals surface area contributed by atoms with E-state index in [1.807, 2.05) is 0 Å². The van der Waals surface area contributed by atoms with Crippen molar-refractivity contribution in [2.75, 3.05) is 11.1 Å². The van der Waals surface area contributed by atoms with E-state index < -0.39 is 87.1 Å². The van der Waals surface area contributed by atoms with Crippen molar-refractivity contribution in [2.45, 2.75) is 12.4 Å². The molecule has 0 aromatic heterocycles. The molecule has 0 aliphatic carbocycles. The third kappa shape index (κ3) is 10.9. The Kier molecular flexibility index (Phi) is 13.7. The molecule has 0 heterocycles. The van der Waals surface area contributed by atoms with Gasteiger partial charge in [-0.15, -0.1) is 0 Å². The van der Waals surface area contributed by atoms with Gasteiger partial charge in [-0.1, -0.05) is 0 Å². The van der Waals surface area contributed by atoms with E-state index in [0.717, 1.165) is 36.4 Å². The van der Waals surface area contributed by atoms with E-state index in [9.17, 15) is 63.1 Å². The summed E-state index contributed by atoms with van der Waals surface area (Å²) in [4.78, 5) is 44.2. The van der Waals surface area contributed by atoms with Gasteiger partial charge in [0.05, 0.1) is 27.8 Å². The summed E-state index contributed by atoms with van der Waals surface area (Å²) < 4.78 is 128. The van der Waals surface area contributed by atoms with Gasteiger partial charge >= 0.3 is 18.3 Å². The molecule has 272 valence electrons. The van der Waals surface area contributed by atoms with Gasteiger partial charge in [-0.2, -0.15) is 26.3 Å². The predicted molar refractivity (Wildman–Crippen MR) is 167 cm³/mol. The van der Waals surface area contributed by atoms with E-state index >= 15 is 0 Å². The number of benzene rings is 4. The van der Waals surface area contributed by atoms with Crippen LogP contribution in [0.2, 0.25) is 0 Å². The molecule has 51 heavy (non-hydrogen) atoms. The fourth-order valence-corrected chi connectivity index (χ4v) is 4.63. The lowest BCUT2D eigenvalue weighted by molar-refractivity contribution is -0.140. The van der Waals surface area contributed by atoms with Crippen molar-refractivity contribution in [2.24, 2.45) is 11.5 Å². The Morgan fingerprint density at radius 1 is 0.627 bits per heavy atom. The summed E-state index contributed by atoms with van der Waals surface area (Å²) in [7, 11) is 0. The van der Waals surface area contributed by atoms with Crippen LogP contribution in [0.15, 0.2) is 69.6 Å². The van der Waals surface area contributed by atoms with Crippen molar-refractivity contribution in [3.8, 4) is 0 Å². The quantitative estimate of drug-likeness (QED) is 0.101. The van der Waals surface area contributed by atoms with Gasteiger partial charge in [0.1, 0.15) is 23.0 Å². The van der Waals surface area contributed by atoms with E-state index in [4.69, 9.17) is 22.3 Å². The highest BCUT2D eigenvalue weighted by atomic mass is 79.9. The van der Waals surface area contributed by atoms with Crippen LogP contribution in [-0.4, -0.2) is 28.8 Å². The van der Waals surface area contributed by atoms with Gasteiger partial charge in [0.2, 0.25) is 0 Å². The first-order valence-corrected chi connectivity index (χ1v) is 14.6. The molecular formula is C30H18Br2F10N4O5.